The van der Waals surface area contributed by atoms with E-state index >= 15 is 0 Å². The van der Waals surface area contributed by atoms with Crippen molar-refractivity contribution in [1.29, 1.82) is 0 Å². The highest BCUT2D eigenvalue weighted by atomic mass is 19.1. The molecule has 0 aromatic heterocycles. The van der Waals surface area contributed by atoms with Gasteiger partial charge in [0.25, 0.3) is 5.91 Å². The van der Waals surface area contributed by atoms with Gasteiger partial charge in [0, 0.05) is 18.7 Å². The number of amides is 2. The number of carbonyl (C=O) groups excluding carboxylic acids is 2. The first-order valence-electron chi connectivity index (χ1n) is 7.90. The van der Waals surface area contributed by atoms with E-state index in [1.54, 1.807) is 7.11 Å². The van der Waals surface area contributed by atoms with Crippen LogP contribution in [0.25, 0.3) is 0 Å². The maximum atomic E-state index is 14.0. The molecule has 0 bridgehead atoms. The fraction of sp³-hybridized carbons (Fsp3) is 0.263. The summed E-state index contributed by atoms with van der Waals surface area (Å²) in [5.41, 5.74) is 1.21. The van der Waals surface area contributed by atoms with Crippen molar-refractivity contribution < 1.29 is 18.7 Å². The number of carbonyl (C=O) groups is 2. The Hall–Kier alpha value is -2.89. The van der Waals surface area contributed by atoms with Gasteiger partial charge in [-0.15, -0.1) is 0 Å². The van der Waals surface area contributed by atoms with Crippen molar-refractivity contribution >= 4 is 17.5 Å². The normalized spacial score (nSPS) is 11.5. The summed E-state index contributed by atoms with van der Waals surface area (Å²) in [6, 6.07) is 11.2. The number of rotatable bonds is 6. The summed E-state index contributed by atoms with van der Waals surface area (Å²) in [7, 11) is 1.59. The van der Waals surface area contributed by atoms with Gasteiger partial charge in [0.05, 0.1) is 12.7 Å². The molecule has 132 valence electrons. The molecule has 6 heteroatoms. The van der Waals surface area contributed by atoms with E-state index in [0.717, 1.165) is 17.4 Å². The summed E-state index contributed by atoms with van der Waals surface area (Å²) < 4.78 is 19.3. The van der Waals surface area contributed by atoms with Gasteiger partial charge in [-0.25, -0.2) is 4.39 Å². The molecule has 2 amide bonds. The molecule has 0 radical (unpaired) electrons. The van der Waals surface area contributed by atoms with E-state index in [0.29, 0.717) is 12.1 Å². The number of methoxy groups -OCH3 is 1. The second-order valence-electron chi connectivity index (χ2n) is 5.77. The van der Waals surface area contributed by atoms with E-state index < -0.39 is 11.7 Å². The minimum atomic E-state index is -0.643. The maximum Gasteiger partial charge on any atom is 0.254 e. The van der Waals surface area contributed by atoms with Gasteiger partial charge in [-0.3, -0.25) is 9.59 Å². The number of hydrogen-bond donors (Lipinski definition) is 2. The molecule has 2 aromatic carbocycles. The van der Waals surface area contributed by atoms with Gasteiger partial charge in [0.15, 0.2) is 0 Å². The predicted octanol–water partition coefficient (Wildman–Crippen LogP) is 3.15. The van der Waals surface area contributed by atoms with Crippen LogP contribution < -0.4 is 15.4 Å². The molecule has 0 heterocycles. The van der Waals surface area contributed by atoms with E-state index in [4.69, 9.17) is 4.74 Å². The SMILES string of the molecule is COc1ccccc1C[C@@H](C)NC(=O)c1cc(NC(C)=O)ccc1F. The molecule has 0 fully saturated rings. The van der Waals surface area contributed by atoms with E-state index in [2.05, 4.69) is 10.6 Å². The van der Waals surface area contributed by atoms with Crippen molar-refractivity contribution in [1.82, 2.24) is 5.32 Å². The van der Waals surface area contributed by atoms with Gasteiger partial charge < -0.3 is 15.4 Å². The zero-order chi connectivity index (χ0) is 18.4. The van der Waals surface area contributed by atoms with Crippen LogP contribution in [0.5, 0.6) is 5.75 Å². The number of para-hydroxylation sites is 1. The molecule has 0 aliphatic rings. The van der Waals surface area contributed by atoms with Gasteiger partial charge in [0.2, 0.25) is 5.91 Å². The summed E-state index contributed by atoms with van der Waals surface area (Å²) in [5, 5.41) is 5.30. The summed E-state index contributed by atoms with van der Waals surface area (Å²) in [6.07, 6.45) is 0.544. The molecule has 0 spiro atoms. The van der Waals surface area contributed by atoms with Crippen LogP contribution in [-0.2, 0) is 11.2 Å². The molecule has 2 aromatic rings. The van der Waals surface area contributed by atoms with Crippen LogP contribution in [-0.4, -0.2) is 25.0 Å². The first-order chi connectivity index (χ1) is 11.9. The van der Waals surface area contributed by atoms with Crippen LogP contribution in [0, 0.1) is 5.82 Å². The smallest absolute Gasteiger partial charge is 0.254 e. The third-order valence-electron chi connectivity index (χ3n) is 3.63. The van der Waals surface area contributed by atoms with Gasteiger partial charge in [-0.05, 0) is 43.2 Å². The van der Waals surface area contributed by atoms with Crippen molar-refractivity contribution in [2.45, 2.75) is 26.3 Å². The quantitative estimate of drug-likeness (QED) is 0.846. The van der Waals surface area contributed by atoms with Crippen LogP contribution in [0.3, 0.4) is 0 Å². The Morgan fingerprint density at radius 1 is 1.20 bits per heavy atom. The molecule has 25 heavy (non-hydrogen) atoms. The number of nitrogens with one attached hydrogen (secondary N) is 2. The van der Waals surface area contributed by atoms with Crippen molar-refractivity contribution in [3.63, 3.8) is 0 Å². The number of hydrogen-bond acceptors (Lipinski definition) is 3. The zero-order valence-corrected chi connectivity index (χ0v) is 14.4. The largest absolute Gasteiger partial charge is 0.496 e. The van der Waals surface area contributed by atoms with Crippen molar-refractivity contribution in [3.05, 3.63) is 59.4 Å². The van der Waals surface area contributed by atoms with Gasteiger partial charge in [0.1, 0.15) is 11.6 Å². The second kappa shape index (κ2) is 8.28. The topological polar surface area (TPSA) is 67.4 Å². The third kappa shape index (κ3) is 5.04. The second-order valence-corrected chi connectivity index (χ2v) is 5.77. The highest BCUT2D eigenvalue weighted by Gasteiger charge is 2.16. The Balaban J connectivity index is 2.09. The van der Waals surface area contributed by atoms with Crippen molar-refractivity contribution in [3.8, 4) is 5.75 Å². The Labute approximate surface area is 146 Å². The lowest BCUT2D eigenvalue weighted by molar-refractivity contribution is -0.114. The molecule has 0 unspecified atom stereocenters. The minimum Gasteiger partial charge on any atom is -0.496 e. The van der Waals surface area contributed by atoms with Gasteiger partial charge >= 0.3 is 0 Å². The number of anilines is 1. The molecule has 0 saturated heterocycles. The highest BCUT2D eigenvalue weighted by Crippen LogP contribution is 2.19. The number of benzene rings is 2. The monoisotopic (exact) mass is 344 g/mol. The van der Waals surface area contributed by atoms with E-state index in [9.17, 15) is 14.0 Å². The lowest BCUT2D eigenvalue weighted by atomic mass is 10.1. The fourth-order valence-corrected chi connectivity index (χ4v) is 2.53. The van der Waals surface area contributed by atoms with Crippen LogP contribution in [0.2, 0.25) is 0 Å². The zero-order valence-electron chi connectivity index (χ0n) is 14.4. The summed E-state index contributed by atoms with van der Waals surface area (Å²) in [5.74, 6) is -0.729. The molecular formula is C19H21FN2O3. The average molecular weight is 344 g/mol. The summed E-state index contributed by atoms with van der Waals surface area (Å²) >= 11 is 0. The van der Waals surface area contributed by atoms with Crippen LogP contribution in [0.1, 0.15) is 29.8 Å². The van der Waals surface area contributed by atoms with Gasteiger partial charge in [-0.1, -0.05) is 18.2 Å². The van der Waals surface area contributed by atoms with Crippen LogP contribution >= 0.6 is 0 Å². The molecule has 0 aliphatic heterocycles. The summed E-state index contributed by atoms with van der Waals surface area (Å²) in [6.45, 7) is 3.18. The average Bonchev–Trinajstić information content (AvgIpc) is 2.56. The maximum absolute atomic E-state index is 14.0. The first-order valence-corrected chi connectivity index (χ1v) is 7.90. The highest BCUT2D eigenvalue weighted by molar-refractivity contribution is 5.97. The number of ether oxygens (including phenoxy) is 1. The Kier molecular flexibility index (Phi) is 6.11. The van der Waals surface area contributed by atoms with Crippen molar-refractivity contribution in [2.75, 3.05) is 12.4 Å². The molecule has 2 N–H and O–H groups in total. The fourth-order valence-electron chi connectivity index (χ4n) is 2.53. The molecular weight excluding hydrogens is 323 g/mol. The molecule has 2 rings (SSSR count). The van der Waals surface area contributed by atoms with E-state index in [1.165, 1.54) is 19.1 Å². The Bertz CT molecular complexity index is 777. The van der Waals surface area contributed by atoms with Crippen LogP contribution in [0.4, 0.5) is 10.1 Å². The molecule has 0 saturated carbocycles. The van der Waals surface area contributed by atoms with E-state index in [1.807, 2.05) is 31.2 Å². The standard InChI is InChI=1S/C19H21FN2O3/c1-12(10-14-6-4-5-7-18(14)25-3)21-19(24)16-11-15(22-13(2)23)8-9-17(16)20/h4-9,11-12H,10H2,1-3H3,(H,21,24)(H,22,23)/t12-/m1/s1. The first kappa shape index (κ1) is 18.4. The molecule has 0 aliphatic carbocycles. The molecule has 5 nitrogen and oxygen atoms in total. The van der Waals surface area contributed by atoms with Crippen molar-refractivity contribution in [2.24, 2.45) is 0 Å². The van der Waals surface area contributed by atoms with E-state index in [-0.39, 0.29) is 17.5 Å². The number of halogens is 1. The van der Waals surface area contributed by atoms with Gasteiger partial charge in [-0.2, -0.15) is 0 Å². The Morgan fingerprint density at radius 3 is 2.60 bits per heavy atom. The lowest BCUT2D eigenvalue weighted by Gasteiger charge is -2.16. The van der Waals surface area contributed by atoms with Crippen LogP contribution in [0.15, 0.2) is 42.5 Å². The molecule has 1 atom stereocenters. The third-order valence-corrected chi connectivity index (χ3v) is 3.63. The summed E-state index contributed by atoms with van der Waals surface area (Å²) in [4.78, 5) is 23.5. The Morgan fingerprint density at radius 2 is 1.92 bits per heavy atom. The predicted molar refractivity (Wildman–Crippen MR) is 94.3 cm³/mol. The minimum absolute atomic E-state index is 0.113. The lowest BCUT2D eigenvalue weighted by Crippen LogP contribution is -2.34.